The van der Waals surface area contributed by atoms with Gasteiger partial charge in [0.15, 0.2) is 0 Å². The van der Waals surface area contributed by atoms with Crippen LogP contribution in [-0.2, 0) is 6.42 Å². The maximum Gasteiger partial charge on any atom is 0.317 e. The van der Waals surface area contributed by atoms with Crippen LogP contribution in [-0.4, -0.2) is 35.5 Å². The summed E-state index contributed by atoms with van der Waals surface area (Å²) in [5.74, 6) is 0. The monoisotopic (exact) mass is 265 g/mol. The summed E-state index contributed by atoms with van der Waals surface area (Å²) in [6, 6.07) is 6.29. The van der Waals surface area contributed by atoms with Gasteiger partial charge in [-0.15, -0.1) is 0 Å². The second kappa shape index (κ2) is 7.35. The molecule has 0 atom stereocenters. The van der Waals surface area contributed by atoms with Crippen LogP contribution in [0.5, 0.6) is 0 Å². The van der Waals surface area contributed by atoms with Crippen molar-refractivity contribution in [2.24, 2.45) is 0 Å². The van der Waals surface area contributed by atoms with Gasteiger partial charge in [-0.3, -0.25) is 10.1 Å². The van der Waals surface area contributed by atoms with Gasteiger partial charge in [0, 0.05) is 31.8 Å². The van der Waals surface area contributed by atoms with Crippen LogP contribution < -0.4 is 5.32 Å². The van der Waals surface area contributed by atoms with E-state index in [-0.39, 0.29) is 11.7 Å². The first kappa shape index (κ1) is 14.9. The van der Waals surface area contributed by atoms with E-state index in [1.807, 2.05) is 13.8 Å². The van der Waals surface area contributed by atoms with Gasteiger partial charge < -0.3 is 10.2 Å². The minimum atomic E-state index is -0.425. The predicted octanol–water partition coefficient (Wildman–Crippen LogP) is 2.19. The number of carbonyl (C=O) groups excluding carboxylic acids is 1. The highest BCUT2D eigenvalue weighted by Crippen LogP contribution is 2.11. The standard InChI is InChI=1S/C13H19N3O3/c1-3-15(4-2)13(17)14-10-9-11-5-7-12(8-6-11)16(18)19/h5-8H,3-4,9-10H2,1-2H3,(H,14,17). The van der Waals surface area contributed by atoms with Crippen molar-refractivity contribution in [1.82, 2.24) is 10.2 Å². The molecule has 1 aromatic carbocycles. The molecule has 0 saturated heterocycles. The molecule has 1 aromatic rings. The first-order valence-electron chi connectivity index (χ1n) is 6.34. The van der Waals surface area contributed by atoms with Crippen LogP contribution in [0.1, 0.15) is 19.4 Å². The molecule has 0 aromatic heterocycles. The van der Waals surface area contributed by atoms with Crippen molar-refractivity contribution in [2.45, 2.75) is 20.3 Å². The highest BCUT2D eigenvalue weighted by molar-refractivity contribution is 5.74. The van der Waals surface area contributed by atoms with Gasteiger partial charge in [-0.05, 0) is 25.8 Å². The maximum absolute atomic E-state index is 11.7. The van der Waals surface area contributed by atoms with E-state index in [4.69, 9.17) is 0 Å². The van der Waals surface area contributed by atoms with Gasteiger partial charge in [-0.2, -0.15) is 0 Å². The number of nitrogens with one attached hydrogen (secondary N) is 1. The number of carbonyl (C=O) groups is 1. The van der Waals surface area contributed by atoms with Crippen LogP contribution in [0, 0.1) is 10.1 Å². The molecule has 0 heterocycles. The van der Waals surface area contributed by atoms with Gasteiger partial charge in [0.25, 0.3) is 5.69 Å². The summed E-state index contributed by atoms with van der Waals surface area (Å²) in [6.07, 6.45) is 0.658. The Morgan fingerprint density at radius 2 is 1.84 bits per heavy atom. The van der Waals surface area contributed by atoms with Crippen molar-refractivity contribution in [3.63, 3.8) is 0 Å². The van der Waals surface area contributed by atoms with Crippen molar-refractivity contribution in [3.8, 4) is 0 Å². The first-order chi connectivity index (χ1) is 9.08. The Balaban J connectivity index is 2.41. The Morgan fingerprint density at radius 1 is 1.26 bits per heavy atom. The van der Waals surface area contributed by atoms with Crippen molar-refractivity contribution >= 4 is 11.7 Å². The van der Waals surface area contributed by atoms with E-state index in [9.17, 15) is 14.9 Å². The SMILES string of the molecule is CCN(CC)C(=O)NCCc1ccc([N+](=O)[O-])cc1. The van der Waals surface area contributed by atoms with E-state index in [0.29, 0.717) is 26.1 Å². The van der Waals surface area contributed by atoms with Crippen LogP contribution in [0.25, 0.3) is 0 Å². The lowest BCUT2D eigenvalue weighted by Crippen LogP contribution is -2.40. The quantitative estimate of drug-likeness (QED) is 0.632. The average Bonchev–Trinajstić information content (AvgIpc) is 2.40. The molecule has 2 amide bonds. The third-order valence-corrected chi connectivity index (χ3v) is 2.89. The molecular formula is C13H19N3O3. The third kappa shape index (κ3) is 4.57. The second-order valence-corrected chi connectivity index (χ2v) is 4.08. The van der Waals surface area contributed by atoms with E-state index >= 15 is 0 Å². The number of nitrogens with zero attached hydrogens (tertiary/aromatic N) is 2. The predicted molar refractivity (Wildman–Crippen MR) is 73.1 cm³/mol. The lowest BCUT2D eigenvalue weighted by Gasteiger charge is -2.19. The summed E-state index contributed by atoms with van der Waals surface area (Å²) in [7, 11) is 0. The molecule has 104 valence electrons. The fraction of sp³-hybridized carbons (Fsp3) is 0.462. The highest BCUT2D eigenvalue weighted by Gasteiger charge is 2.08. The number of nitro groups is 1. The summed E-state index contributed by atoms with van der Waals surface area (Å²) in [5, 5.41) is 13.3. The van der Waals surface area contributed by atoms with E-state index in [0.717, 1.165) is 5.56 Å². The first-order valence-corrected chi connectivity index (χ1v) is 6.34. The molecular weight excluding hydrogens is 246 g/mol. The molecule has 0 aliphatic heterocycles. The fourth-order valence-electron chi connectivity index (χ4n) is 1.72. The number of urea groups is 1. The van der Waals surface area contributed by atoms with E-state index in [2.05, 4.69) is 5.32 Å². The molecule has 1 N–H and O–H groups in total. The largest absolute Gasteiger partial charge is 0.338 e. The second-order valence-electron chi connectivity index (χ2n) is 4.08. The van der Waals surface area contributed by atoms with Crippen LogP contribution in [0.4, 0.5) is 10.5 Å². The summed E-state index contributed by atoms with van der Waals surface area (Å²) in [6.45, 7) is 5.74. The molecule has 0 bridgehead atoms. The molecule has 0 aliphatic rings. The van der Waals surface area contributed by atoms with E-state index in [1.54, 1.807) is 17.0 Å². The normalized spacial score (nSPS) is 10.0. The van der Waals surface area contributed by atoms with Crippen LogP contribution in [0.3, 0.4) is 0 Å². The third-order valence-electron chi connectivity index (χ3n) is 2.89. The summed E-state index contributed by atoms with van der Waals surface area (Å²) < 4.78 is 0. The summed E-state index contributed by atoms with van der Waals surface area (Å²) in [5.41, 5.74) is 1.04. The van der Waals surface area contributed by atoms with Crippen LogP contribution in [0.2, 0.25) is 0 Å². The molecule has 0 saturated carbocycles. The van der Waals surface area contributed by atoms with E-state index < -0.39 is 4.92 Å². The minimum absolute atomic E-state index is 0.0769. The van der Waals surface area contributed by atoms with Gasteiger partial charge in [0.2, 0.25) is 0 Å². The van der Waals surface area contributed by atoms with Crippen LogP contribution in [0.15, 0.2) is 24.3 Å². The Labute approximate surface area is 112 Å². The maximum atomic E-state index is 11.7. The molecule has 0 unspecified atom stereocenters. The van der Waals surface area contributed by atoms with Crippen molar-refractivity contribution in [3.05, 3.63) is 39.9 Å². The highest BCUT2D eigenvalue weighted by atomic mass is 16.6. The van der Waals surface area contributed by atoms with E-state index in [1.165, 1.54) is 12.1 Å². The minimum Gasteiger partial charge on any atom is -0.338 e. The number of hydrogen-bond acceptors (Lipinski definition) is 3. The Bertz CT molecular complexity index is 427. The average molecular weight is 265 g/mol. The lowest BCUT2D eigenvalue weighted by atomic mass is 10.1. The number of benzene rings is 1. The van der Waals surface area contributed by atoms with Crippen molar-refractivity contribution in [2.75, 3.05) is 19.6 Å². The molecule has 0 fully saturated rings. The number of amides is 2. The Morgan fingerprint density at radius 3 is 2.32 bits per heavy atom. The molecule has 1 rings (SSSR count). The molecule has 6 heteroatoms. The molecule has 0 spiro atoms. The van der Waals surface area contributed by atoms with Gasteiger partial charge in [0.1, 0.15) is 0 Å². The topological polar surface area (TPSA) is 75.5 Å². The van der Waals surface area contributed by atoms with Crippen LogP contribution >= 0.6 is 0 Å². The lowest BCUT2D eigenvalue weighted by molar-refractivity contribution is -0.384. The Kier molecular flexibility index (Phi) is 5.78. The van der Waals surface area contributed by atoms with Gasteiger partial charge in [0.05, 0.1) is 4.92 Å². The van der Waals surface area contributed by atoms with Gasteiger partial charge >= 0.3 is 6.03 Å². The number of rotatable bonds is 6. The van der Waals surface area contributed by atoms with Gasteiger partial charge in [-0.1, -0.05) is 12.1 Å². The fourth-order valence-corrected chi connectivity index (χ4v) is 1.72. The molecule has 19 heavy (non-hydrogen) atoms. The Hall–Kier alpha value is -2.11. The molecule has 6 nitrogen and oxygen atoms in total. The zero-order valence-corrected chi connectivity index (χ0v) is 11.3. The van der Waals surface area contributed by atoms with Crippen molar-refractivity contribution < 1.29 is 9.72 Å². The number of hydrogen-bond donors (Lipinski definition) is 1. The van der Waals surface area contributed by atoms with Crippen molar-refractivity contribution in [1.29, 1.82) is 0 Å². The summed E-state index contributed by atoms with van der Waals surface area (Å²) >= 11 is 0. The smallest absolute Gasteiger partial charge is 0.317 e. The zero-order chi connectivity index (χ0) is 14.3. The molecule has 0 radical (unpaired) electrons. The number of non-ortho nitro benzene ring substituents is 1. The number of nitro benzene ring substituents is 1. The van der Waals surface area contributed by atoms with Gasteiger partial charge in [-0.25, -0.2) is 4.79 Å². The zero-order valence-electron chi connectivity index (χ0n) is 11.3. The summed E-state index contributed by atoms with van der Waals surface area (Å²) in [4.78, 5) is 23.4. The molecule has 0 aliphatic carbocycles.